The van der Waals surface area contributed by atoms with E-state index in [0.717, 1.165) is 4.90 Å². The van der Waals surface area contributed by atoms with Crippen molar-refractivity contribution in [3.63, 3.8) is 0 Å². The Labute approximate surface area is 282 Å². The third-order valence-corrected chi connectivity index (χ3v) is 7.87. The summed E-state index contributed by atoms with van der Waals surface area (Å²) in [7, 11) is 0. The number of nitrogens with one attached hydrogen (secondary N) is 3. The summed E-state index contributed by atoms with van der Waals surface area (Å²) in [5.41, 5.74) is 0.832. The van der Waals surface area contributed by atoms with Crippen molar-refractivity contribution in [2.75, 3.05) is 23.5 Å². The highest BCUT2D eigenvalue weighted by molar-refractivity contribution is 7.98. The number of hydrogen-bond donors (Lipinski definition) is 6. The van der Waals surface area contributed by atoms with Crippen molar-refractivity contribution in [3.8, 4) is 0 Å². The number of carboxylic acid groups (broad SMARTS) is 3. The lowest BCUT2D eigenvalue weighted by molar-refractivity contribution is -0.148. The number of aliphatic carboxylic acids is 2. The maximum absolute atomic E-state index is 13.1. The lowest BCUT2D eigenvalue weighted by Gasteiger charge is -2.27. The number of anilines is 2. The van der Waals surface area contributed by atoms with Gasteiger partial charge in [-0.1, -0.05) is 38.1 Å². The molecule has 0 saturated heterocycles. The van der Waals surface area contributed by atoms with Crippen molar-refractivity contribution in [1.82, 2.24) is 16.0 Å². The molecule has 0 bridgehead atoms. The van der Waals surface area contributed by atoms with Crippen LogP contribution >= 0.6 is 11.8 Å². The number of carbonyl (C=O) groups is 7. The Hall–Kier alpha value is -4.92. The number of carbonyl (C=O) groups excluding carboxylic acids is 4. The Morgan fingerprint density at radius 2 is 1.56 bits per heavy atom. The third-order valence-electron chi connectivity index (χ3n) is 7.22. The zero-order valence-corrected chi connectivity index (χ0v) is 28.1. The third kappa shape index (κ3) is 11.7. The van der Waals surface area contributed by atoms with Crippen LogP contribution in [0.2, 0.25) is 0 Å². The topological polar surface area (TPSA) is 220 Å². The van der Waals surface area contributed by atoms with Crippen molar-refractivity contribution < 1.29 is 48.9 Å². The van der Waals surface area contributed by atoms with Gasteiger partial charge in [0.25, 0.3) is 0 Å². The fraction of sp³-hybridized carbons (Fsp3) is 0.424. The molecule has 0 spiro atoms. The second kappa shape index (κ2) is 19.0. The van der Waals surface area contributed by atoms with Gasteiger partial charge in [-0.2, -0.15) is 11.8 Å². The molecule has 2 rings (SSSR count). The van der Waals surface area contributed by atoms with Crippen LogP contribution in [-0.4, -0.2) is 87.5 Å². The van der Waals surface area contributed by atoms with Gasteiger partial charge in [0.05, 0.1) is 16.9 Å². The number of para-hydroxylation sites is 1. The summed E-state index contributed by atoms with van der Waals surface area (Å²) in [4.78, 5) is 86.2. The first kappa shape index (κ1) is 39.3. The van der Waals surface area contributed by atoms with Gasteiger partial charge in [-0.05, 0) is 66.5 Å². The number of unbranched alkanes of at least 4 members (excludes halogenated alkanes) is 1. The predicted octanol–water partition coefficient (Wildman–Crippen LogP) is 2.91. The molecule has 0 aromatic heterocycles. The van der Waals surface area contributed by atoms with Gasteiger partial charge >= 0.3 is 23.8 Å². The predicted molar refractivity (Wildman–Crippen MR) is 179 cm³/mol. The summed E-state index contributed by atoms with van der Waals surface area (Å²) in [6, 6.07) is 8.31. The molecule has 2 aromatic rings. The smallest absolute Gasteiger partial charge is 0.395 e. The molecule has 14 nitrogen and oxygen atoms in total. The van der Waals surface area contributed by atoms with E-state index in [-0.39, 0.29) is 42.2 Å². The number of hydrogen-bond acceptors (Lipinski definition) is 8. The van der Waals surface area contributed by atoms with Gasteiger partial charge < -0.3 is 31.3 Å². The van der Waals surface area contributed by atoms with E-state index < -0.39 is 53.6 Å². The summed E-state index contributed by atoms with van der Waals surface area (Å²) in [6.45, 7) is 5.07. The molecule has 0 saturated carbocycles. The van der Waals surface area contributed by atoms with Crippen molar-refractivity contribution >= 4 is 64.7 Å². The SMILES string of the molecule is CSCC[C@H](NC(=O)CCCCNC(=O)C(Cc1ccc(N(C(=O)C(=O)O)c2ccccc2C(=O)O)c(C(C)C)c1)NC(C)=O)C(=O)O. The maximum atomic E-state index is 13.1. The quantitative estimate of drug-likeness (QED) is 0.0989. The first-order valence-electron chi connectivity index (χ1n) is 15.3. The molecule has 0 aliphatic carbocycles. The van der Waals surface area contributed by atoms with Crippen LogP contribution in [0.1, 0.15) is 73.9 Å². The minimum Gasteiger partial charge on any atom is -0.480 e. The van der Waals surface area contributed by atoms with Gasteiger partial charge in [0.2, 0.25) is 17.7 Å². The Morgan fingerprint density at radius 3 is 2.15 bits per heavy atom. The van der Waals surface area contributed by atoms with E-state index in [4.69, 9.17) is 0 Å². The van der Waals surface area contributed by atoms with Crippen LogP contribution in [0.5, 0.6) is 0 Å². The largest absolute Gasteiger partial charge is 0.480 e. The first-order chi connectivity index (χ1) is 22.7. The average Bonchev–Trinajstić information content (AvgIpc) is 3.02. The molecule has 1 unspecified atom stereocenters. The lowest BCUT2D eigenvalue weighted by Crippen LogP contribution is -2.47. The van der Waals surface area contributed by atoms with Crippen LogP contribution in [0.3, 0.4) is 0 Å². The molecule has 0 radical (unpaired) electrons. The molecule has 2 aromatic carbocycles. The van der Waals surface area contributed by atoms with Crippen LogP contribution in [0.15, 0.2) is 42.5 Å². The number of carboxylic acids is 3. The van der Waals surface area contributed by atoms with Gasteiger partial charge in [-0.3, -0.25) is 24.1 Å². The summed E-state index contributed by atoms with van der Waals surface area (Å²) >= 11 is 1.48. The van der Waals surface area contributed by atoms with Gasteiger partial charge in [0.1, 0.15) is 12.1 Å². The second-order valence-corrected chi connectivity index (χ2v) is 12.2. The number of nitrogens with zero attached hydrogens (tertiary/aromatic N) is 1. The summed E-state index contributed by atoms with van der Waals surface area (Å²) in [5, 5.41) is 36.5. The fourth-order valence-corrected chi connectivity index (χ4v) is 5.36. The van der Waals surface area contributed by atoms with Crippen molar-refractivity contribution in [3.05, 3.63) is 59.2 Å². The average molecular weight is 687 g/mol. The molecule has 0 heterocycles. The number of rotatable bonds is 18. The zero-order chi connectivity index (χ0) is 36.0. The molecule has 0 aliphatic rings. The molecule has 48 heavy (non-hydrogen) atoms. The van der Waals surface area contributed by atoms with Crippen molar-refractivity contribution in [1.29, 1.82) is 0 Å². The Balaban J connectivity index is 2.21. The first-order valence-corrected chi connectivity index (χ1v) is 16.7. The molecule has 0 fully saturated rings. The van der Waals surface area contributed by atoms with Gasteiger partial charge in [-0.25, -0.2) is 14.4 Å². The van der Waals surface area contributed by atoms with Crippen molar-refractivity contribution in [2.24, 2.45) is 0 Å². The van der Waals surface area contributed by atoms with Crippen LogP contribution < -0.4 is 20.9 Å². The van der Waals surface area contributed by atoms with Gasteiger partial charge in [0, 0.05) is 26.3 Å². The van der Waals surface area contributed by atoms with Crippen LogP contribution in [0.25, 0.3) is 0 Å². The molecule has 4 amide bonds. The molecule has 2 atom stereocenters. The standard InChI is InChI=1S/C33H42N4O10S/c1-19(2)23-17-21(12-13-27(23)37(30(41)33(46)47)26-10-6-5-9-22(26)31(42)43)18-25(35-20(3)38)29(40)34-15-8-7-11-28(39)36-24(32(44)45)14-16-48-4/h5-6,9-10,12-13,17,19,24-25H,7-8,11,14-16,18H2,1-4H3,(H,34,40)(H,35,38)(H,36,39)(H,42,43)(H,44,45)(H,46,47)/t24-,25?/m0/s1. The maximum Gasteiger partial charge on any atom is 0.395 e. The Bertz CT molecular complexity index is 1510. The molecule has 15 heteroatoms. The summed E-state index contributed by atoms with van der Waals surface area (Å²) in [6.07, 6.45) is 3.09. The van der Waals surface area contributed by atoms with Gasteiger partial charge in [0.15, 0.2) is 0 Å². The van der Waals surface area contributed by atoms with Crippen molar-refractivity contribution in [2.45, 2.75) is 70.9 Å². The molecular weight excluding hydrogens is 644 g/mol. The minimum atomic E-state index is -1.78. The number of aromatic carboxylic acids is 1. The van der Waals surface area contributed by atoms with Crippen LogP contribution in [0.4, 0.5) is 11.4 Å². The zero-order valence-electron chi connectivity index (χ0n) is 27.3. The molecular formula is C33H42N4O10S. The number of benzene rings is 2. The fourth-order valence-electron chi connectivity index (χ4n) is 4.89. The summed E-state index contributed by atoms with van der Waals surface area (Å²) < 4.78 is 0. The van der Waals surface area contributed by atoms with Crippen LogP contribution in [-0.2, 0) is 35.2 Å². The number of amides is 4. The highest BCUT2D eigenvalue weighted by Gasteiger charge is 2.30. The van der Waals surface area contributed by atoms with E-state index in [1.165, 1.54) is 49.0 Å². The second-order valence-electron chi connectivity index (χ2n) is 11.3. The highest BCUT2D eigenvalue weighted by Crippen LogP contribution is 2.36. The summed E-state index contributed by atoms with van der Waals surface area (Å²) in [5.74, 6) is -6.61. The molecule has 0 aliphatic heterocycles. The van der Waals surface area contributed by atoms with E-state index >= 15 is 0 Å². The minimum absolute atomic E-state index is 0.0407. The van der Waals surface area contributed by atoms with E-state index in [2.05, 4.69) is 16.0 Å². The molecule has 6 N–H and O–H groups in total. The monoisotopic (exact) mass is 686 g/mol. The van der Waals surface area contributed by atoms with E-state index in [9.17, 15) is 48.9 Å². The van der Waals surface area contributed by atoms with Crippen LogP contribution in [0, 0.1) is 0 Å². The van der Waals surface area contributed by atoms with E-state index in [1.54, 1.807) is 26.0 Å². The highest BCUT2D eigenvalue weighted by atomic mass is 32.2. The lowest BCUT2D eigenvalue weighted by atomic mass is 9.94. The molecule has 260 valence electrons. The van der Waals surface area contributed by atoms with E-state index in [0.29, 0.717) is 36.1 Å². The Kier molecular flexibility index (Phi) is 15.6. The normalized spacial score (nSPS) is 12.0. The number of thioether (sulfide) groups is 1. The van der Waals surface area contributed by atoms with E-state index in [1.807, 2.05) is 6.26 Å². The van der Waals surface area contributed by atoms with Gasteiger partial charge in [-0.15, -0.1) is 0 Å². The Morgan fingerprint density at radius 1 is 0.875 bits per heavy atom.